The van der Waals surface area contributed by atoms with E-state index in [-0.39, 0.29) is 0 Å². The Labute approximate surface area is 144 Å². The molecule has 0 heterocycles. The number of hydrogen-bond donors (Lipinski definition) is 0. The van der Waals surface area contributed by atoms with Crippen molar-refractivity contribution < 1.29 is 27.5 Å². The molecule has 0 unspecified atom stereocenters. The fraction of sp³-hybridized carbons (Fsp3) is 0.0500. The summed E-state index contributed by atoms with van der Waals surface area (Å²) in [4.78, 5) is 0. The molecule has 23 heavy (non-hydrogen) atoms. The van der Waals surface area contributed by atoms with Gasteiger partial charge in [0.15, 0.2) is 0 Å². The summed E-state index contributed by atoms with van der Waals surface area (Å²) in [5.41, 5.74) is 0. The van der Waals surface area contributed by atoms with E-state index >= 15 is 0 Å². The zero-order valence-electron chi connectivity index (χ0n) is 12.9. The van der Waals surface area contributed by atoms with Crippen molar-refractivity contribution in [1.82, 2.24) is 0 Å². The van der Waals surface area contributed by atoms with Crippen LogP contribution in [0.2, 0.25) is 0 Å². The molecule has 0 saturated heterocycles. The van der Waals surface area contributed by atoms with E-state index in [2.05, 4.69) is 84.9 Å². The van der Waals surface area contributed by atoms with Gasteiger partial charge in [0.1, 0.15) is 0 Å². The summed E-state index contributed by atoms with van der Waals surface area (Å²) < 4.78 is 22.9. The van der Waals surface area contributed by atoms with Crippen molar-refractivity contribution in [3.05, 3.63) is 84.9 Å². The van der Waals surface area contributed by atoms with E-state index in [1.165, 1.54) is 28.5 Å². The average molecular weight is 475 g/mol. The minimum atomic E-state index is -3.83. The summed E-state index contributed by atoms with van der Waals surface area (Å²) in [6.07, 6.45) is 0. The molecule has 0 amide bonds. The molecule has 0 atom stereocenters. The maximum absolute atomic E-state index is 10.9. The summed E-state index contributed by atoms with van der Waals surface area (Å²) >= 11 is -3.83. The van der Waals surface area contributed by atoms with Crippen molar-refractivity contribution in [3.63, 3.8) is 0 Å². The third-order valence-electron chi connectivity index (χ3n) is 3.31. The zero-order valence-corrected chi connectivity index (χ0v) is 16.5. The normalized spacial score (nSPS) is 9.52. The standard InChI is InChI=1S/2C9H7.C2H4.2FH.Hf/c2*1-2-5-9-7-3-6-8(9)4-1;1-2;;;/h2*1-7H;1H,2H3;2*1H;/q2*-1;;;;+2/p-2. The maximum Gasteiger partial charge on any atom is -0.0809 e. The second kappa shape index (κ2) is 9.41. The first-order chi connectivity index (χ1) is 11.2. The zero-order chi connectivity index (χ0) is 16.5. The molecule has 4 rings (SSSR count). The van der Waals surface area contributed by atoms with Crippen LogP contribution in [0.3, 0.4) is 0 Å². The molecule has 0 aromatic heterocycles. The average Bonchev–Trinajstić information content (AvgIpc) is 3.24. The molecule has 118 valence electrons. The summed E-state index contributed by atoms with van der Waals surface area (Å²) in [6, 6.07) is 29.3. The van der Waals surface area contributed by atoms with E-state index < -0.39 is 22.2 Å². The summed E-state index contributed by atoms with van der Waals surface area (Å²) in [5, 5.41) is 5.32. The van der Waals surface area contributed by atoms with Gasteiger partial charge in [0.2, 0.25) is 0 Å². The van der Waals surface area contributed by atoms with Crippen molar-refractivity contribution >= 4 is 25.3 Å². The van der Waals surface area contributed by atoms with Crippen LogP contribution in [0.1, 0.15) is 6.92 Å². The topological polar surface area (TPSA) is 0 Å². The van der Waals surface area contributed by atoms with Crippen LogP contribution in [0.5, 0.6) is 0 Å². The molecule has 0 aliphatic carbocycles. The minimum Gasteiger partial charge on any atom is -0.168 e. The molecule has 0 bridgehead atoms. The molecule has 0 saturated carbocycles. The van der Waals surface area contributed by atoms with Crippen LogP contribution in [-0.2, 0) is 22.2 Å². The van der Waals surface area contributed by atoms with Gasteiger partial charge in [-0.25, -0.2) is 0 Å². The molecule has 4 aromatic rings. The predicted molar refractivity (Wildman–Crippen MR) is 93.0 cm³/mol. The van der Waals surface area contributed by atoms with E-state index in [1.807, 2.05) is 0 Å². The van der Waals surface area contributed by atoms with Gasteiger partial charge in [0, 0.05) is 0 Å². The summed E-state index contributed by atoms with van der Waals surface area (Å²) in [5.74, 6) is 0. The third-order valence-corrected chi connectivity index (χ3v) is 4.88. The molecular formula is C20H18F2Hf-2. The fourth-order valence-corrected chi connectivity index (χ4v) is 2.14. The third kappa shape index (κ3) is 5.76. The van der Waals surface area contributed by atoms with E-state index in [1.54, 1.807) is 0 Å². The largest absolute Gasteiger partial charge is 0.168 e. The van der Waals surface area contributed by atoms with Gasteiger partial charge < -0.3 is 0 Å². The smallest absolute Gasteiger partial charge is 0.0809 e. The van der Waals surface area contributed by atoms with E-state index in [4.69, 9.17) is 0 Å². The first kappa shape index (κ1) is 17.6. The van der Waals surface area contributed by atoms with Crippen molar-refractivity contribution in [2.75, 3.05) is 0 Å². The number of rotatable bonds is 0. The van der Waals surface area contributed by atoms with Gasteiger partial charge in [0.05, 0.1) is 0 Å². The first-order valence-corrected chi connectivity index (χ1v) is 12.2. The maximum atomic E-state index is 10.9. The Morgan fingerprint density at radius 3 is 1.48 bits per heavy atom. The van der Waals surface area contributed by atoms with Gasteiger partial charge >= 0.3 is 38.2 Å². The van der Waals surface area contributed by atoms with Crippen LogP contribution < -0.4 is 0 Å². The number of fused-ring (bicyclic) bond motifs is 2. The van der Waals surface area contributed by atoms with Crippen molar-refractivity contribution in [2.24, 2.45) is 0 Å². The summed E-state index contributed by atoms with van der Waals surface area (Å²) in [6.45, 7) is 1.42. The molecule has 0 spiro atoms. The molecular weight excluding hydrogens is 457 g/mol. The van der Waals surface area contributed by atoms with Gasteiger partial charge in [-0.05, 0) is 0 Å². The SMILES string of the molecule is C[CH]=[Hf]([F])[F].c1ccc2[cH-]ccc2c1.c1ccc2[cH-]ccc2c1. The molecule has 3 heteroatoms. The summed E-state index contributed by atoms with van der Waals surface area (Å²) in [7, 11) is 0. The Morgan fingerprint density at radius 2 is 1.13 bits per heavy atom. The minimum absolute atomic E-state index is 1.05. The van der Waals surface area contributed by atoms with E-state index in [0.717, 1.165) is 3.76 Å². The Morgan fingerprint density at radius 1 is 0.739 bits per heavy atom. The Hall–Kier alpha value is -1.74. The van der Waals surface area contributed by atoms with Crippen molar-refractivity contribution in [2.45, 2.75) is 6.92 Å². The fourth-order valence-electron chi connectivity index (χ4n) is 2.14. The van der Waals surface area contributed by atoms with Crippen molar-refractivity contribution in [3.8, 4) is 0 Å². The number of hydrogen-bond acceptors (Lipinski definition) is 0. The van der Waals surface area contributed by atoms with Crippen LogP contribution in [-0.4, -0.2) is 3.76 Å². The molecule has 0 aliphatic heterocycles. The Kier molecular flexibility index (Phi) is 7.21. The number of halogens is 2. The van der Waals surface area contributed by atoms with Crippen LogP contribution >= 0.6 is 0 Å². The molecule has 0 N–H and O–H groups in total. The van der Waals surface area contributed by atoms with E-state index in [0.29, 0.717) is 0 Å². The van der Waals surface area contributed by atoms with Crippen molar-refractivity contribution in [1.29, 1.82) is 0 Å². The van der Waals surface area contributed by atoms with Gasteiger partial charge in [-0.1, -0.05) is 12.1 Å². The molecule has 0 fully saturated rings. The molecule has 0 nitrogen and oxygen atoms in total. The van der Waals surface area contributed by atoms with Crippen LogP contribution in [0.4, 0.5) is 5.33 Å². The molecule has 0 aliphatic rings. The van der Waals surface area contributed by atoms with Gasteiger partial charge in [-0.15, -0.1) is 59.3 Å². The van der Waals surface area contributed by atoms with Crippen LogP contribution in [0.25, 0.3) is 21.5 Å². The second-order valence-electron chi connectivity index (χ2n) is 4.89. The van der Waals surface area contributed by atoms with Crippen LogP contribution in [0.15, 0.2) is 84.9 Å². The van der Waals surface area contributed by atoms with Crippen LogP contribution in [0, 0.1) is 0 Å². The van der Waals surface area contributed by atoms with Gasteiger partial charge in [-0.3, -0.25) is 0 Å². The van der Waals surface area contributed by atoms with Gasteiger partial charge in [-0.2, -0.15) is 35.0 Å². The monoisotopic (exact) mass is 476 g/mol. The predicted octanol–water partition coefficient (Wildman–Crippen LogP) is 6.31. The Balaban J connectivity index is 0.000000132. The van der Waals surface area contributed by atoms with Gasteiger partial charge in [0.25, 0.3) is 0 Å². The van der Waals surface area contributed by atoms with E-state index in [9.17, 15) is 5.33 Å². The second-order valence-corrected chi connectivity index (χ2v) is 9.04. The molecule has 4 aromatic carbocycles. The Bertz CT molecular complexity index is 741. The number of benzene rings is 2. The first-order valence-electron chi connectivity index (χ1n) is 7.39. The quantitative estimate of drug-likeness (QED) is 0.207. The molecule has 0 radical (unpaired) electrons.